The van der Waals surface area contributed by atoms with Crippen LogP contribution in [0.15, 0.2) is 11.1 Å². The van der Waals surface area contributed by atoms with Crippen LogP contribution in [0.1, 0.15) is 38.4 Å². The highest BCUT2D eigenvalue weighted by Crippen LogP contribution is 2.30. The van der Waals surface area contributed by atoms with Crippen LogP contribution in [-0.4, -0.2) is 15.7 Å². The molecule has 0 bridgehead atoms. The number of nitrogens with two attached hydrogens (primary N) is 1. The predicted molar refractivity (Wildman–Crippen MR) is 68.5 cm³/mol. The maximum atomic E-state index is 5.75. The molecule has 1 aliphatic carbocycles. The van der Waals surface area contributed by atoms with Crippen LogP contribution in [0.2, 0.25) is 0 Å². The molecule has 1 aromatic rings. The first-order chi connectivity index (χ1) is 7.78. The van der Waals surface area contributed by atoms with E-state index in [2.05, 4.69) is 16.9 Å². The van der Waals surface area contributed by atoms with Crippen LogP contribution in [0, 0.1) is 5.92 Å². The van der Waals surface area contributed by atoms with Gasteiger partial charge in [-0.25, -0.2) is 9.97 Å². The number of aromatic nitrogens is 2. The summed E-state index contributed by atoms with van der Waals surface area (Å²) in [5.74, 6) is 3.51. The van der Waals surface area contributed by atoms with Gasteiger partial charge in [0.25, 0.3) is 0 Å². The molecular formula is C12H19N3S. The van der Waals surface area contributed by atoms with E-state index in [0.29, 0.717) is 5.82 Å². The van der Waals surface area contributed by atoms with Crippen LogP contribution >= 0.6 is 11.8 Å². The molecule has 0 atom stereocenters. The summed E-state index contributed by atoms with van der Waals surface area (Å²) in [7, 11) is 0. The molecule has 88 valence electrons. The molecular weight excluding hydrogens is 218 g/mol. The molecule has 0 amide bonds. The SMILES string of the molecule is CCc1nc(N)cc(SCC2CCCC2)n1. The van der Waals surface area contributed by atoms with Crippen LogP contribution in [0.3, 0.4) is 0 Å². The van der Waals surface area contributed by atoms with Crippen molar-refractivity contribution in [3.63, 3.8) is 0 Å². The molecule has 16 heavy (non-hydrogen) atoms. The second-order valence-corrected chi connectivity index (χ2v) is 5.40. The molecule has 0 spiro atoms. The molecule has 3 nitrogen and oxygen atoms in total. The third kappa shape index (κ3) is 3.11. The largest absolute Gasteiger partial charge is 0.384 e. The van der Waals surface area contributed by atoms with E-state index in [4.69, 9.17) is 5.73 Å². The lowest BCUT2D eigenvalue weighted by Crippen LogP contribution is -2.01. The number of nitrogens with zero attached hydrogens (tertiary/aromatic N) is 2. The van der Waals surface area contributed by atoms with Gasteiger partial charge >= 0.3 is 0 Å². The smallest absolute Gasteiger partial charge is 0.131 e. The highest BCUT2D eigenvalue weighted by molar-refractivity contribution is 7.99. The summed E-state index contributed by atoms with van der Waals surface area (Å²) in [6.07, 6.45) is 6.42. The van der Waals surface area contributed by atoms with Gasteiger partial charge in [-0.3, -0.25) is 0 Å². The first kappa shape index (κ1) is 11.7. The summed E-state index contributed by atoms with van der Waals surface area (Å²) >= 11 is 1.83. The van der Waals surface area contributed by atoms with Gasteiger partial charge in [-0.2, -0.15) is 0 Å². The molecule has 0 aliphatic heterocycles. The Bertz CT molecular complexity index is 348. The van der Waals surface area contributed by atoms with Crippen LogP contribution in [0.25, 0.3) is 0 Å². The van der Waals surface area contributed by atoms with Crippen molar-refractivity contribution in [2.75, 3.05) is 11.5 Å². The minimum atomic E-state index is 0.598. The van der Waals surface area contributed by atoms with Crippen LogP contribution in [0.5, 0.6) is 0 Å². The minimum absolute atomic E-state index is 0.598. The lowest BCUT2D eigenvalue weighted by molar-refractivity contribution is 0.622. The normalized spacial score (nSPS) is 16.8. The van der Waals surface area contributed by atoms with Crippen molar-refractivity contribution in [2.45, 2.75) is 44.1 Å². The molecule has 0 aromatic carbocycles. The van der Waals surface area contributed by atoms with E-state index < -0.39 is 0 Å². The summed E-state index contributed by atoms with van der Waals surface area (Å²) < 4.78 is 0. The molecule has 2 rings (SSSR count). The number of hydrogen-bond acceptors (Lipinski definition) is 4. The Balaban J connectivity index is 1.94. The van der Waals surface area contributed by atoms with Crippen molar-refractivity contribution in [3.05, 3.63) is 11.9 Å². The first-order valence-corrected chi connectivity index (χ1v) is 7.02. The van der Waals surface area contributed by atoms with Crippen molar-refractivity contribution >= 4 is 17.6 Å². The van der Waals surface area contributed by atoms with Gasteiger partial charge in [-0.05, 0) is 18.8 Å². The molecule has 1 heterocycles. The predicted octanol–water partition coefficient (Wildman–Crippen LogP) is 2.90. The average molecular weight is 237 g/mol. The van der Waals surface area contributed by atoms with Gasteiger partial charge in [0, 0.05) is 18.2 Å². The fourth-order valence-electron chi connectivity index (χ4n) is 2.10. The van der Waals surface area contributed by atoms with Gasteiger partial charge in [-0.15, -0.1) is 11.8 Å². The second kappa shape index (κ2) is 5.53. The van der Waals surface area contributed by atoms with Crippen molar-refractivity contribution < 1.29 is 0 Å². The van der Waals surface area contributed by atoms with Gasteiger partial charge in [0.1, 0.15) is 16.7 Å². The summed E-state index contributed by atoms with van der Waals surface area (Å²) in [6.45, 7) is 2.06. The second-order valence-electron chi connectivity index (χ2n) is 4.36. The molecule has 0 radical (unpaired) electrons. The zero-order valence-corrected chi connectivity index (χ0v) is 10.6. The maximum absolute atomic E-state index is 5.75. The highest BCUT2D eigenvalue weighted by atomic mass is 32.2. The summed E-state index contributed by atoms with van der Waals surface area (Å²) in [6, 6.07) is 1.89. The number of nitrogen functional groups attached to an aromatic ring is 1. The molecule has 1 saturated carbocycles. The van der Waals surface area contributed by atoms with E-state index in [1.807, 2.05) is 17.8 Å². The van der Waals surface area contributed by atoms with Crippen molar-refractivity contribution in [1.29, 1.82) is 0 Å². The molecule has 4 heteroatoms. The molecule has 1 aliphatic rings. The average Bonchev–Trinajstić information content (AvgIpc) is 2.78. The van der Waals surface area contributed by atoms with E-state index in [1.54, 1.807) is 0 Å². The highest BCUT2D eigenvalue weighted by Gasteiger charge is 2.15. The van der Waals surface area contributed by atoms with Gasteiger partial charge in [0.2, 0.25) is 0 Å². The van der Waals surface area contributed by atoms with Crippen molar-refractivity contribution in [2.24, 2.45) is 5.92 Å². The Labute approximate surface area is 101 Å². The van der Waals surface area contributed by atoms with E-state index in [0.717, 1.165) is 23.2 Å². The standard InChI is InChI=1S/C12H19N3S/c1-2-11-14-10(13)7-12(15-11)16-8-9-5-3-4-6-9/h7,9H,2-6,8H2,1H3,(H2,13,14,15). The van der Waals surface area contributed by atoms with E-state index in [9.17, 15) is 0 Å². The number of hydrogen-bond donors (Lipinski definition) is 1. The van der Waals surface area contributed by atoms with Crippen LogP contribution in [-0.2, 0) is 6.42 Å². The third-order valence-electron chi connectivity index (χ3n) is 3.03. The third-order valence-corrected chi connectivity index (χ3v) is 4.17. The van der Waals surface area contributed by atoms with E-state index in [-0.39, 0.29) is 0 Å². The van der Waals surface area contributed by atoms with Crippen LogP contribution in [0.4, 0.5) is 5.82 Å². The van der Waals surface area contributed by atoms with Crippen molar-refractivity contribution in [3.8, 4) is 0 Å². The Kier molecular flexibility index (Phi) is 4.04. The zero-order valence-electron chi connectivity index (χ0n) is 9.78. The van der Waals surface area contributed by atoms with Crippen molar-refractivity contribution in [1.82, 2.24) is 9.97 Å². The zero-order chi connectivity index (χ0) is 11.4. The van der Waals surface area contributed by atoms with Gasteiger partial charge in [0.05, 0.1) is 0 Å². The lowest BCUT2D eigenvalue weighted by Gasteiger charge is -2.08. The summed E-state index contributed by atoms with van der Waals surface area (Å²) in [4.78, 5) is 8.67. The molecule has 2 N–H and O–H groups in total. The lowest BCUT2D eigenvalue weighted by atomic mass is 10.1. The monoisotopic (exact) mass is 237 g/mol. The fourth-order valence-corrected chi connectivity index (χ4v) is 3.22. The fraction of sp³-hybridized carbons (Fsp3) is 0.667. The first-order valence-electron chi connectivity index (χ1n) is 6.04. The summed E-state index contributed by atoms with van der Waals surface area (Å²) in [5.41, 5.74) is 5.75. The molecule has 1 aromatic heterocycles. The quantitative estimate of drug-likeness (QED) is 0.646. The Morgan fingerprint density at radius 2 is 2.12 bits per heavy atom. The number of aryl methyl sites for hydroxylation is 1. The number of rotatable bonds is 4. The number of anilines is 1. The molecule has 0 unspecified atom stereocenters. The summed E-state index contributed by atoms with van der Waals surface area (Å²) in [5, 5.41) is 1.04. The topological polar surface area (TPSA) is 51.8 Å². The Morgan fingerprint density at radius 1 is 1.38 bits per heavy atom. The van der Waals surface area contributed by atoms with Crippen LogP contribution < -0.4 is 5.73 Å². The molecule has 0 saturated heterocycles. The van der Waals surface area contributed by atoms with Gasteiger partial charge in [-0.1, -0.05) is 19.8 Å². The Morgan fingerprint density at radius 3 is 2.81 bits per heavy atom. The maximum Gasteiger partial charge on any atom is 0.131 e. The molecule has 1 fully saturated rings. The van der Waals surface area contributed by atoms with Gasteiger partial charge < -0.3 is 5.73 Å². The van der Waals surface area contributed by atoms with E-state index in [1.165, 1.54) is 31.4 Å². The Hall–Kier alpha value is -0.770. The van der Waals surface area contributed by atoms with Gasteiger partial charge in [0.15, 0.2) is 0 Å². The minimum Gasteiger partial charge on any atom is -0.384 e. The van der Waals surface area contributed by atoms with E-state index >= 15 is 0 Å². The number of thioether (sulfide) groups is 1.